The predicted molar refractivity (Wildman–Crippen MR) is 65.7 cm³/mol. The first kappa shape index (κ1) is 11.9. The van der Waals surface area contributed by atoms with Crippen molar-refractivity contribution in [1.82, 2.24) is 9.80 Å². The maximum Gasteiger partial charge on any atom is 0.321 e. The Kier molecular flexibility index (Phi) is 4.05. The summed E-state index contributed by atoms with van der Waals surface area (Å²) in [5, 5.41) is 2.38. The summed E-state index contributed by atoms with van der Waals surface area (Å²) in [6, 6.07) is 3.35. The number of primary amides is 1. The molecule has 0 fully saturated rings. The van der Waals surface area contributed by atoms with E-state index in [2.05, 4.69) is 0 Å². The lowest BCUT2D eigenvalue weighted by Gasteiger charge is -2.25. The number of hydrogen-bond acceptors (Lipinski definition) is 3. The Bertz CT molecular complexity index is 348. The molecule has 0 aliphatic carbocycles. The Hall–Kier alpha value is -1.14. The lowest BCUT2D eigenvalue weighted by Crippen LogP contribution is -2.45. The van der Waals surface area contributed by atoms with Crippen molar-refractivity contribution < 1.29 is 4.79 Å². The van der Waals surface area contributed by atoms with Gasteiger partial charge in [-0.15, -0.1) is 11.3 Å². The van der Waals surface area contributed by atoms with Crippen molar-refractivity contribution in [3.8, 4) is 0 Å². The lowest BCUT2D eigenvalue weighted by atomic mass is 10.4. The van der Waals surface area contributed by atoms with Crippen LogP contribution in [0.25, 0.3) is 0 Å². The minimum atomic E-state index is -0.526. The molecule has 0 aromatic carbocycles. The molecule has 1 aromatic heterocycles. The molecule has 0 atom stereocenters. The van der Waals surface area contributed by atoms with Crippen molar-refractivity contribution in [1.29, 1.82) is 0 Å². The molecule has 0 unspecified atom stereocenters. The Morgan fingerprint density at radius 3 is 2.67 bits per heavy atom. The maximum atomic E-state index is 11.2. The number of thiophene rings is 1. The summed E-state index contributed by atoms with van der Waals surface area (Å²) in [5.41, 5.74) is 5.27. The largest absolute Gasteiger partial charge is 0.355 e. The lowest BCUT2D eigenvalue weighted by molar-refractivity contribution is 0.226. The Balaban J connectivity index is 2.76. The van der Waals surface area contributed by atoms with E-state index in [0.717, 1.165) is 4.88 Å². The molecule has 0 spiro atoms. The van der Waals surface area contributed by atoms with Gasteiger partial charge in [0.05, 0.1) is 6.54 Å². The summed E-state index contributed by atoms with van der Waals surface area (Å²) in [6.07, 6.45) is 0. The zero-order valence-electron chi connectivity index (χ0n) is 8.64. The van der Waals surface area contributed by atoms with Crippen LogP contribution in [0.15, 0.2) is 17.5 Å². The monoisotopic (exact) mass is 243 g/mol. The molecule has 6 heteroatoms. The highest BCUT2D eigenvalue weighted by molar-refractivity contribution is 7.80. The van der Waals surface area contributed by atoms with Crippen LogP contribution in [0.1, 0.15) is 4.88 Å². The van der Waals surface area contributed by atoms with Crippen molar-refractivity contribution >= 4 is 34.7 Å². The topological polar surface area (TPSA) is 49.6 Å². The standard InChI is InChI=1S/C9H13N3OS2/c1-11(2)9(14)12(8(10)13)6-7-4-3-5-15-7/h3-5H,6H2,1-2H3,(H2,10,13). The Morgan fingerprint density at radius 2 is 2.27 bits per heavy atom. The van der Waals surface area contributed by atoms with E-state index in [9.17, 15) is 4.79 Å². The van der Waals surface area contributed by atoms with E-state index >= 15 is 0 Å². The van der Waals surface area contributed by atoms with Gasteiger partial charge < -0.3 is 10.6 Å². The number of urea groups is 1. The van der Waals surface area contributed by atoms with Crippen LogP contribution in [0.5, 0.6) is 0 Å². The predicted octanol–water partition coefficient (Wildman–Crippen LogP) is 1.48. The highest BCUT2D eigenvalue weighted by atomic mass is 32.1. The normalized spacial score (nSPS) is 9.73. The molecule has 1 heterocycles. The number of rotatable bonds is 2. The molecule has 2 amide bonds. The smallest absolute Gasteiger partial charge is 0.321 e. The van der Waals surface area contributed by atoms with Gasteiger partial charge in [-0.25, -0.2) is 4.79 Å². The Morgan fingerprint density at radius 1 is 1.60 bits per heavy atom. The number of carbonyl (C=O) groups is 1. The maximum absolute atomic E-state index is 11.2. The molecule has 1 rings (SSSR count). The van der Waals surface area contributed by atoms with Crippen LogP contribution < -0.4 is 5.73 Å². The number of amides is 2. The summed E-state index contributed by atoms with van der Waals surface area (Å²) in [5.74, 6) is 0. The molecule has 0 aliphatic rings. The highest BCUT2D eigenvalue weighted by Gasteiger charge is 2.17. The van der Waals surface area contributed by atoms with Gasteiger partial charge in [0.15, 0.2) is 5.11 Å². The van der Waals surface area contributed by atoms with Gasteiger partial charge in [0.2, 0.25) is 0 Å². The number of thiocarbonyl (C=S) groups is 1. The molecule has 0 radical (unpaired) electrons. The van der Waals surface area contributed by atoms with Crippen LogP contribution in [-0.4, -0.2) is 35.0 Å². The molecule has 15 heavy (non-hydrogen) atoms. The molecule has 0 aliphatic heterocycles. The van der Waals surface area contributed by atoms with Crippen LogP contribution in [0.2, 0.25) is 0 Å². The van der Waals surface area contributed by atoms with Gasteiger partial charge in [-0.2, -0.15) is 0 Å². The first-order chi connectivity index (χ1) is 7.02. The van der Waals surface area contributed by atoms with Gasteiger partial charge in [-0.1, -0.05) is 6.07 Å². The molecule has 2 N–H and O–H groups in total. The van der Waals surface area contributed by atoms with E-state index in [1.165, 1.54) is 4.90 Å². The quantitative estimate of drug-likeness (QED) is 0.800. The third kappa shape index (κ3) is 3.17. The zero-order chi connectivity index (χ0) is 11.4. The number of hydrogen-bond donors (Lipinski definition) is 1. The molecule has 4 nitrogen and oxygen atoms in total. The summed E-state index contributed by atoms with van der Waals surface area (Å²) in [7, 11) is 3.57. The molecular formula is C9H13N3OS2. The van der Waals surface area contributed by atoms with Gasteiger partial charge in [0.25, 0.3) is 0 Å². The van der Waals surface area contributed by atoms with Gasteiger partial charge >= 0.3 is 6.03 Å². The van der Waals surface area contributed by atoms with Crippen LogP contribution in [0.4, 0.5) is 4.79 Å². The van der Waals surface area contributed by atoms with Crippen molar-refractivity contribution in [2.24, 2.45) is 5.73 Å². The molecule has 0 saturated carbocycles. The van der Waals surface area contributed by atoms with Crippen molar-refractivity contribution in [3.63, 3.8) is 0 Å². The minimum absolute atomic E-state index is 0.427. The minimum Gasteiger partial charge on any atom is -0.355 e. The third-order valence-electron chi connectivity index (χ3n) is 1.77. The van der Waals surface area contributed by atoms with E-state index in [4.69, 9.17) is 18.0 Å². The average molecular weight is 243 g/mol. The van der Waals surface area contributed by atoms with E-state index in [1.807, 2.05) is 17.5 Å². The number of nitrogens with zero attached hydrogens (tertiary/aromatic N) is 2. The van der Waals surface area contributed by atoms with E-state index in [0.29, 0.717) is 11.7 Å². The van der Waals surface area contributed by atoms with Gasteiger partial charge in [0.1, 0.15) is 0 Å². The summed E-state index contributed by atoms with van der Waals surface area (Å²) in [6.45, 7) is 0.435. The fraction of sp³-hybridized carbons (Fsp3) is 0.333. The van der Waals surface area contributed by atoms with Gasteiger partial charge in [0, 0.05) is 19.0 Å². The van der Waals surface area contributed by atoms with Gasteiger partial charge in [-0.05, 0) is 23.7 Å². The fourth-order valence-corrected chi connectivity index (χ4v) is 1.89. The second kappa shape index (κ2) is 5.09. The highest BCUT2D eigenvalue weighted by Crippen LogP contribution is 2.12. The fourth-order valence-electron chi connectivity index (χ4n) is 1.04. The van der Waals surface area contributed by atoms with Crippen molar-refractivity contribution in [2.45, 2.75) is 6.54 Å². The summed E-state index contributed by atoms with van der Waals surface area (Å²) < 4.78 is 0. The van der Waals surface area contributed by atoms with E-state index < -0.39 is 6.03 Å². The zero-order valence-corrected chi connectivity index (χ0v) is 10.3. The number of carbonyl (C=O) groups excluding carboxylic acids is 1. The van der Waals surface area contributed by atoms with Gasteiger partial charge in [-0.3, -0.25) is 4.90 Å². The molecule has 1 aromatic rings. The second-order valence-corrected chi connectivity index (χ2v) is 4.58. The first-order valence-electron chi connectivity index (χ1n) is 4.33. The van der Waals surface area contributed by atoms with E-state index in [1.54, 1.807) is 30.3 Å². The summed E-state index contributed by atoms with van der Waals surface area (Å²) in [4.78, 5) is 15.3. The summed E-state index contributed by atoms with van der Waals surface area (Å²) >= 11 is 6.67. The molecule has 0 bridgehead atoms. The second-order valence-electron chi connectivity index (χ2n) is 3.18. The Labute approximate surface area is 98.3 Å². The molecule has 82 valence electrons. The van der Waals surface area contributed by atoms with Crippen LogP contribution in [0.3, 0.4) is 0 Å². The molecule has 0 saturated heterocycles. The number of nitrogens with two attached hydrogens (primary N) is 1. The molecular weight excluding hydrogens is 230 g/mol. The van der Waals surface area contributed by atoms with E-state index in [-0.39, 0.29) is 0 Å². The van der Waals surface area contributed by atoms with Crippen molar-refractivity contribution in [3.05, 3.63) is 22.4 Å². The SMILES string of the molecule is CN(C)C(=S)N(Cc1cccs1)C(N)=O. The average Bonchev–Trinajstić information content (AvgIpc) is 2.64. The first-order valence-corrected chi connectivity index (χ1v) is 5.62. The van der Waals surface area contributed by atoms with Crippen LogP contribution in [-0.2, 0) is 6.54 Å². The van der Waals surface area contributed by atoms with Crippen LogP contribution in [0, 0.1) is 0 Å². The third-order valence-corrected chi connectivity index (χ3v) is 3.22. The van der Waals surface area contributed by atoms with Crippen LogP contribution >= 0.6 is 23.6 Å². The van der Waals surface area contributed by atoms with Crippen molar-refractivity contribution in [2.75, 3.05) is 14.1 Å².